The van der Waals surface area contributed by atoms with Crippen LogP contribution in [0.4, 0.5) is 5.82 Å². The van der Waals surface area contributed by atoms with Gasteiger partial charge in [-0.3, -0.25) is 9.69 Å². The molecule has 4 heterocycles. The number of likely N-dealkylation sites (tertiary alicyclic amines) is 1. The van der Waals surface area contributed by atoms with Crippen LogP contribution in [0.25, 0.3) is 5.65 Å². The first kappa shape index (κ1) is 24.5. The Morgan fingerprint density at radius 1 is 1.00 bits per heavy atom. The van der Waals surface area contributed by atoms with E-state index in [1.165, 1.54) is 5.56 Å². The Labute approximate surface area is 212 Å². The number of hydrogen-bond donors (Lipinski definition) is 1. The average molecular weight is 493 g/mol. The number of nitrogens with one attached hydrogen (secondary N) is 1. The van der Waals surface area contributed by atoms with E-state index in [4.69, 9.17) is 9.84 Å². The van der Waals surface area contributed by atoms with Crippen molar-refractivity contribution in [1.82, 2.24) is 34.9 Å². The number of carbonyl (C=O) groups excluding carboxylic acids is 1. The summed E-state index contributed by atoms with van der Waals surface area (Å²) in [6, 6.07) is 12.4. The second-order valence-electron chi connectivity index (χ2n) is 9.83. The van der Waals surface area contributed by atoms with Crippen LogP contribution in [0.2, 0.25) is 0 Å². The van der Waals surface area contributed by atoms with Crippen molar-refractivity contribution in [3.63, 3.8) is 0 Å². The lowest BCUT2D eigenvalue weighted by Crippen LogP contribution is -2.45. The molecule has 5 rings (SSSR count). The van der Waals surface area contributed by atoms with Crippen molar-refractivity contribution < 1.29 is 9.53 Å². The number of hydrogen-bond acceptors (Lipinski definition) is 8. The van der Waals surface area contributed by atoms with E-state index >= 15 is 0 Å². The van der Waals surface area contributed by atoms with E-state index in [0.29, 0.717) is 18.5 Å². The van der Waals surface area contributed by atoms with Gasteiger partial charge in [-0.1, -0.05) is 12.1 Å². The molecule has 0 bridgehead atoms. The number of amides is 1. The molecule has 3 aromatic rings. The van der Waals surface area contributed by atoms with Gasteiger partial charge in [0.05, 0.1) is 7.11 Å². The third kappa shape index (κ3) is 5.93. The number of fused-ring (bicyclic) bond motifs is 1. The first-order valence-electron chi connectivity index (χ1n) is 12.9. The minimum Gasteiger partial charge on any atom is -0.497 e. The Hall–Kier alpha value is -3.24. The van der Waals surface area contributed by atoms with Gasteiger partial charge in [-0.15, -0.1) is 15.3 Å². The summed E-state index contributed by atoms with van der Waals surface area (Å²) >= 11 is 0. The molecule has 2 saturated heterocycles. The van der Waals surface area contributed by atoms with Gasteiger partial charge in [-0.25, -0.2) is 0 Å². The summed E-state index contributed by atoms with van der Waals surface area (Å²) in [5.74, 6) is 2.61. The number of rotatable bonds is 8. The first-order valence-corrected chi connectivity index (χ1v) is 12.9. The Kier molecular flexibility index (Phi) is 7.62. The summed E-state index contributed by atoms with van der Waals surface area (Å²) in [6.45, 7) is 6.83. The number of piperidine rings is 1. The highest BCUT2D eigenvalue weighted by atomic mass is 16.5. The second-order valence-corrected chi connectivity index (χ2v) is 9.83. The molecule has 192 valence electrons. The predicted molar refractivity (Wildman–Crippen MR) is 138 cm³/mol. The Balaban J connectivity index is 1.09. The molecule has 0 aliphatic carbocycles. The zero-order valence-electron chi connectivity index (χ0n) is 21.3. The summed E-state index contributed by atoms with van der Waals surface area (Å²) in [4.78, 5) is 19.7. The average Bonchev–Trinajstić information content (AvgIpc) is 3.32. The summed E-state index contributed by atoms with van der Waals surface area (Å²) in [5.41, 5.74) is 2.00. The molecule has 0 atom stereocenters. The Morgan fingerprint density at radius 3 is 2.47 bits per heavy atom. The molecular formula is C26H36N8O2. The highest BCUT2D eigenvalue weighted by molar-refractivity contribution is 5.76. The lowest BCUT2D eigenvalue weighted by molar-refractivity contribution is -0.122. The number of benzene rings is 1. The standard InChI is InChI=1S/C26H36N8O2/c1-31-15-17-33(18-16-31)25-8-7-23-28-29-24(34(23)30-25)9-10-26(35)27-21-11-13-32(14-12-21)19-20-3-5-22(36-2)6-4-20/h3-8,21H,9-19H2,1-2H3,(H,27,35). The minimum atomic E-state index is 0.0653. The number of aryl methyl sites for hydroxylation is 1. The largest absolute Gasteiger partial charge is 0.497 e. The third-order valence-corrected chi connectivity index (χ3v) is 7.23. The van der Waals surface area contributed by atoms with Crippen LogP contribution in [0.5, 0.6) is 5.75 Å². The van der Waals surface area contributed by atoms with E-state index in [1.54, 1.807) is 11.6 Å². The molecule has 2 fully saturated rings. The van der Waals surface area contributed by atoms with Crippen LogP contribution < -0.4 is 15.0 Å². The Morgan fingerprint density at radius 2 is 1.75 bits per heavy atom. The predicted octanol–water partition coefficient (Wildman–Crippen LogP) is 1.60. The van der Waals surface area contributed by atoms with E-state index in [-0.39, 0.29) is 11.9 Å². The SMILES string of the molecule is COc1ccc(CN2CCC(NC(=O)CCc3nnc4ccc(N5CCN(C)CC5)nn34)CC2)cc1. The van der Waals surface area contributed by atoms with Gasteiger partial charge < -0.3 is 19.9 Å². The molecule has 0 spiro atoms. The monoisotopic (exact) mass is 492 g/mol. The molecule has 0 saturated carbocycles. The molecule has 1 aromatic carbocycles. The molecule has 2 aromatic heterocycles. The zero-order valence-corrected chi connectivity index (χ0v) is 21.3. The summed E-state index contributed by atoms with van der Waals surface area (Å²) < 4.78 is 7.03. The van der Waals surface area contributed by atoms with Gasteiger partial charge in [0.1, 0.15) is 11.6 Å². The summed E-state index contributed by atoms with van der Waals surface area (Å²) in [5, 5.41) is 16.6. The first-order chi connectivity index (χ1) is 17.6. The van der Waals surface area contributed by atoms with Crippen molar-refractivity contribution in [2.75, 3.05) is 58.3 Å². The summed E-state index contributed by atoms with van der Waals surface area (Å²) in [6.07, 6.45) is 2.83. The molecule has 2 aliphatic heterocycles. The van der Waals surface area contributed by atoms with Gasteiger partial charge in [0.15, 0.2) is 11.5 Å². The smallest absolute Gasteiger partial charge is 0.220 e. The zero-order chi connectivity index (χ0) is 24.9. The topological polar surface area (TPSA) is 91.1 Å². The fourth-order valence-corrected chi connectivity index (χ4v) is 4.93. The van der Waals surface area contributed by atoms with Crippen molar-refractivity contribution >= 4 is 17.4 Å². The van der Waals surface area contributed by atoms with Crippen molar-refractivity contribution in [2.45, 2.75) is 38.3 Å². The molecule has 36 heavy (non-hydrogen) atoms. The van der Waals surface area contributed by atoms with Crippen LogP contribution in [0, 0.1) is 0 Å². The van der Waals surface area contributed by atoms with Crippen molar-refractivity contribution in [3.05, 3.63) is 47.8 Å². The molecule has 10 nitrogen and oxygen atoms in total. The molecule has 2 aliphatic rings. The highest BCUT2D eigenvalue weighted by Gasteiger charge is 2.21. The molecule has 1 N–H and O–H groups in total. The van der Waals surface area contributed by atoms with Crippen molar-refractivity contribution in [1.29, 1.82) is 0 Å². The number of likely N-dealkylation sites (N-methyl/N-ethyl adjacent to an activating group) is 1. The van der Waals surface area contributed by atoms with Gasteiger partial charge in [0.25, 0.3) is 0 Å². The molecule has 1 amide bonds. The maximum atomic E-state index is 12.7. The Bertz CT molecular complexity index is 1150. The number of anilines is 1. The fourth-order valence-electron chi connectivity index (χ4n) is 4.93. The quantitative estimate of drug-likeness (QED) is 0.507. The lowest BCUT2D eigenvalue weighted by atomic mass is 10.0. The third-order valence-electron chi connectivity index (χ3n) is 7.23. The van der Waals surface area contributed by atoms with E-state index < -0.39 is 0 Å². The lowest BCUT2D eigenvalue weighted by Gasteiger charge is -2.33. The van der Waals surface area contributed by atoms with Crippen LogP contribution in [0.1, 0.15) is 30.7 Å². The maximum absolute atomic E-state index is 12.7. The molecule has 0 unspecified atom stereocenters. The van der Waals surface area contributed by atoms with Crippen LogP contribution >= 0.6 is 0 Å². The number of nitrogens with zero attached hydrogens (tertiary/aromatic N) is 7. The van der Waals surface area contributed by atoms with Gasteiger partial charge in [-0.05, 0) is 49.7 Å². The number of methoxy groups -OCH3 is 1. The summed E-state index contributed by atoms with van der Waals surface area (Å²) in [7, 11) is 3.83. The van der Waals surface area contributed by atoms with E-state index in [0.717, 1.165) is 76.0 Å². The van der Waals surface area contributed by atoms with E-state index in [2.05, 4.69) is 49.4 Å². The van der Waals surface area contributed by atoms with Gasteiger partial charge in [0.2, 0.25) is 5.91 Å². The van der Waals surface area contributed by atoms with E-state index in [1.807, 2.05) is 24.3 Å². The van der Waals surface area contributed by atoms with Crippen molar-refractivity contribution in [3.8, 4) is 5.75 Å². The van der Waals surface area contributed by atoms with Crippen LogP contribution in [-0.2, 0) is 17.8 Å². The fraction of sp³-hybridized carbons (Fsp3) is 0.538. The minimum absolute atomic E-state index is 0.0653. The molecule has 0 radical (unpaired) electrons. The number of carbonyl (C=O) groups is 1. The molecule has 10 heteroatoms. The van der Waals surface area contributed by atoms with Crippen molar-refractivity contribution in [2.24, 2.45) is 0 Å². The second kappa shape index (κ2) is 11.2. The number of aromatic nitrogens is 4. The number of piperazine rings is 1. The molecular weight excluding hydrogens is 456 g/mol. The van der Waals surface area contributed by atoms with E-state index in [9.17, 15) is 4.79 Å². The normalized spacial score (nSPS) is 18.0. The van der Waals surface area contributed by atoms with Gasteiger partial charge >= 0.3 is 0 Å². The van der Waals surface area contributed by atoms with Gasteiger partial charge in [0, 0.05) is 64.7 Å². The van der Waals surface area contributed by atoms with Crippen LogP contribution in [0.3, 0.4) is 0 Å². The highest BCUT2D eigenvalue weighted by Crippen LogP contribution is 2.18. The van der Waals surface area contributed by atoms with Crippen LogP contribution in [-0.4, -0.2) is 95.0 Å². The van der Waals surface area contributed by atoms with Crippen LogP contribution in [0.15, 0.2) is 36.4 Å². The van der Waals surface area contributed by atoms with Gasteiger partial charge in [-0.2, -0.15) is 4.52 Å². The number of ether oxygens (including phenoxy) is 1. The maximum Gasteiger partial charge on any atom is 0.220 e.